The highest BCUT2D eigenvalue weighted by molar-refractivity contribution is 5.74. The first-order chi connectivity index (χ1) is 10.6. The van der Waals surface area contributed by atoms with Crippen molar-refractivity contribution >= 4 is 6.03 Å². The molecule has 1 saturated carbocycles. The second kappa shape index (κ2) is 8.22. The zero-order chi connectivity index (χ0) is 15.9. The van der Waals surface area contributed by atoms with Crippen LogP contribution in [-0.2, 0) is 0 Å². The maximum Gasteiger partial charge on any atom is 0.315 e. The fourth-order valence-electron chi connectivity index (χ4n) is 3.31. The van der Waals surface area contributed by atoms with Gasteiger partial charge in [0.15, 0.2) is 0 Å². The standard InChI is InChI=1S/C17H28N2O3/c1-3-13-7-4-5-8-14(13)19-17(21)18-12(2)11-15(20)16-9-6-10-22-16/h6,9-10,12-15,20H,3-5,7-8,11H2,1-2H3,(H2,18,19,21). The van der Waals surface area contributed by atoms with Crippen LogP contribution in [0.5, 0.6) is 0 Å². The van der Waals surface area contributed by atoms with Crippen LogP contribution in [0.15, 0.2) is 22.8 Å². The highest BCUT2D eigenvalue weighted by Crippen LogP contribution is 2.26. The molecule has 3 N–H and O–H groups in total. The van der Waals surface area contributed by atoms with E-state index in [9.17, 15) is 9.90 Å². The van der Waals surface area contributed by atoms with E-state index in [0.717, 1.165) is 12.8 Å². The molecule has 4 unspecified atom stereocenters. The van der Waals surface area contributed by atoms with Crippen LogP contribution in [0.4, 0.5) is 4.79 Å². The first-order valence-electron chi connectivity index (χ1n) is 8.38. The predicted molar refractivity (Wildman–Crippen MR) is 85.5 cm³/mol. The van der Waals surface area contributed by atoms with Crippen LogP contribution in [0.2, 0.25) is 0 Å². The van der Waals surface area contributed by atoms with Gasteiger partial charge in [0.2, 0.25) is 0 Å². The van der Waals surface area contributed by atoms with Gasteiger partial charge >= 0.3 is 6.03 Å². The van der Waals surface area contributed by atoms with Crippen LogP contribution in [0, 0.1) is 5.92 Å². The Hall–Kier alpha value is -1.49. The van der Waals surface area contributed by atoms with Gasteiger partial charge in [0.1, 0.15) is 11.9 Å². The minimum absolute atomic E-state index is 0.122. The predicted octanol–water partition coefficient (Wildman–Crippen LogP) is 3.36. The highest BCUT2D eigenvalue weighted by Gasteiger charge is 2.25. The fraction of sp³-hybridized carbons (Fsp3) is 0.706. The molecule has 22 heavy (non-hydrogen) atoms. The zero-order valence-electron chi connectivity index (χ0n) is 13.5. The van der Waals surface area contributed by atoms with Gasteiger partial charge in [-0.05, 0) is 37.8 Å². The number of nitrogens with one attached hydrogen (secondary N) is 2. The lowest BCUT2D eigenvalue weighted by atomic mass is 9.83. The Bertz CT molecular complexity index is 447. The van der Waals surface area contributed by atoms with Crippen LogP contribution in [0.1, 0.15) is 64.2 Å². The smallest absolute Gasteiger partial charge is 0.315 e. The van der Waals surface area contributed by atoms with Gasteiger partial charge in [0.05, 0.1) is 6.26 Å². The molecular formula is C17H28N2O3. The molecule has 0 aliphatic heterocycles. The summed E-state index contributed by atoms with van der Waals surface area (Å²) in [6.45, 7) is 4.08. The van der Waals surface area contributed by atoms with Crippen LogP contribution in [-0.4, -0.2) is 23.2 Å². The average Bonchev–Trinajstić information content (AvgIpc) is 3.01. The average molecular weight is 308 g/mol. The second-order valence-corrected chi connectivity index (χ2v) is 6.35. The molecule has 2 rings (SSSR count). The summed E-state index contributed by atoms with van der Waals surface area (Å²) in [6, 6.07) is 3.51. The largest absolute Gasteiger partial charge is 0.467 e. The van der Waals surface area contributed by atoms with Crippen LogP contribution in [0.3, 0.4) is 0 Å². The first-order valence-corrected chi connectivity index (χ1v) is 8.38. The van der Waals surface area contributed by atoms with Crippen molar-refractivity contribution in [2.24, 2.45) is 5.92 Å². The van der Waals surface area contributed by atoms with E-state index in [1.165, 1.54) is 25.5 Å². The number of aliphatic hydroxyl groups excluding tert-OH is 1. The third-order valence-electron chi connectivity index (χ3n) is 4.58. The monoisotopic (exact) mass is 308 g/mol. The number of hydrogen-bond acceptors (Lipinski definition) is 3. The van der Waals surface area contributed by atoms with Crippen molar-refractivity contribution in [3.63, 3.8) is 0 Å². The number of urea groups is 1. The molecule has 1 aromatic rings. The molecular weight excluding hydrogens is 280 g/mol. The summed E-state index contributed by atoms with van der Waals surface area (Å²) < 4.78 is 5.17. The number of carbonyl (C=O) groups excluding carboxylic acids is 1. The third kappa shape index (κ3) is 4.77. The number of furan rings is 1. The van der Waals surface area contributed by atoms with Gasteiger partial charge in [-0.2, -0.15) is 0 Å². The van der Waals surface area contributed by atoms with Crippen molar-refractivity contribution in [1.82, 2.24) is 10.6 Å². The molecule has 0 bridgehead atoms. The first kappa shape index (κ1) is 16.9. The molecule has 124 valence electrons. The van der Waals surface area contributed by atoms with E-state index in [4.69, 9.17) is 4.42 Å². The minimum atomic E-state index is -0.691. The maximum absolute atomic E-state index is 12.1. The number of aliphatic hydroxyl groups is 1. The van der Waals surface area contributed by atoms with Crippen molar-refractivity contribution in [2.45, 2.75) is 70.6 Å². The SMILES string of the molecule is CCC1CCCCC1NC(=O)NC(C)CC(O)c1ccco1. The summed E-state index contributed by atoms with van der Waals surface area (Å²) in [5, 5.41) is 16.0. The summed E-state index contributed by atoms with van der Waals surface area (Å²) in [5.41, 5.74) is 0. The lowest BCUT2D eigenvalue weighted by Gasteiger charge is -2.32. The van der Waals surface area contributed by atoms with Crippen molar-refractivity contribution in [3.8, 4) is 0 Å². The van der Waals surface area contributed by atoms with Crippen molar-refractivity contribution in [2.75, 3.05) is 0 Å². The molecule has 1 aliphatic rings. The van der Waals surface area contributed by atoms with E-state index in [0.29, 0.717) is 18.1 Å². The number of hydrogen-bond donors (Lipinski definition) is 3. The van der Waals surface area contributed by atoms with Gasteiger partial charge in [-0.15, -0.1) is 0 Å². The minimum Gasteiger partial charge on any atom is -0.467 e. The molecule has 1 aromatic heterocycles. The van der Waals surface area contributed by atoms with Crippen molar-refractivity contribution in [1.29, 1.82) is 0 Å². The molecule has 1 heterocycles. The Balaban J connectivity index is 1.76. The van der Waals surface area contributed by atoms with E-state index in [2.05, 4.69) is 17.6 Å². The fourth-order valence-corrected chi connectivity index (χ4v) is 3.31. The summed E-state index contributed by atoms with van der Waals surface area (Å²) in [4.78, 5) is 12.1. The Morgan fingerprint density at radius 3 is 2.91 bits per heavy atom. The molecule has 5 heteroatoms. The van der Waals surface area contributed by atoms with Crippen LogP contribution in [0.25, 0.3) is 0 Å². The quantitative estimate of drug-likeness (QED) is 0.754. The van der Waals surface area contributed by atoms with E-state index >= 15 is 0 Å². The summed E-state index contributed by atoms with van der Waals surface area (Å²) in [5.74, 6) is 1.12. The van der Waals surface area contributed by atoms with E-state index in [1.807, 2.05) is 6.92 Å². The molecule has 1 fully saturated rings. The number of rotatable bonds is 6. The Morgan fingerprint density at radius 2 is 2.23 bits per heavy atom. The molecule has 0 aromatic carbocycles. The lowest BCUT2D eigenvalue weighted by Crippen LogP contribution is -2.49. The van der Waals surface area contributed by atoms with Gasteiger partial charge in [0.25, 0.3) is 0 Å². The number of carbonyl (C=O) groups is 1. The molecule has 4 atom stereocenters. The van der Waals surface area contributed by atoms with Crippen molar-refractivity contribution in [3.05, 3.63) is 24.2 Å². The summed E-state index contributed by atoms with van der Waals surface area (Å²) >= 11 is 0. The highest BCUT2D eigenvalue weighted by atomic mass is 16.4. The summed E-state index contributed by atoms with van der Waals surface area (Å²) in [6.07, 6.45) is 7.11. The van der Waals surface area contributed by atoms with E-state index in [1.54, 1.807) is 12.1 Å². The molecule has 0 radical (unpaired) electrons. The van der Waals surface area contributed by atoms with Crippen molar-refractivity contribution < 1.29 is 14.3 Å². The van der Waals surface area contributed by atoms with Gasteiger partial charge in [-0.3, -0.25) is 0 Å². The van der Waals surface area contributed by atoms with Gasteiger partial charge in [0, 0.05) is 18.5 Å². The van der Waals surface area contributed by atoms with Gasteiger partial charge in [-0.1, -0.05) is 26.2 Å². The Labute approximate surface area is 132 Å². The second-order valence-electron chi connectivity index (χ2n) is 6.35. The van der Waals surface area contributed by atoms with Crippen LogP contribution >= 0.6 is 0 Å². The molecule has 0 saturated heterocycles. The topological polar surface area (TPSA) is 74.5 Å². The van der Waals surface area contributed by atoms with Gasteiger partial charge < -0.3 is 20.2 Å². The third-order valence-corrected chi connectivity index (χ3v) is 4.58. The molecule has 2 amide bonds. The Morgan fingerprint density at radius 1 is 1.45 bits per heavy atom. The molecule has 5 nitrogen and oxygen atoms in total. The molecule has 0 spiro atoms. The molecule has 1 aliphatic carbocycles. The number of amides is 2. The van der Waals surface area contributed by atoms with Gasteiger partial charge in [-0.25, -0.2) is 4.79 Å². The van der Waals surface area contributed by atoms with E-state index < -0.39 is 6.10 Å². The summed E-state index contributed by atoms with van der Waals surface area (Å²) in [7, 11) is 0. The maximum atomic E-state index is 12.1. The van der Waals surface area contributed by atoms with E-state index in [-0.39, 0.29) is 18.1 Å². The van der Waals surface area contributed by atoms with Crippen LogP contribution < -0.4 is 10.6 Å². The Kier molecular flexibility index (Phi) is 6.31. The zero-order valence-corrected chi connectivity index (χ0v) is 13.5. The normalized spacial score (nSPS) is 24.5. The lowest BCUT2D eigenvalue weighted by molar-refractivity contribution is 0.129.